The summed E-state index contributed by atoms with van der Waals surface area (Å²) in [6.45, 7) is 1.12. The van der Waals surface area contributed by atoms with Gasteiger partial charge in [-0.2, -0.15) is 26.3 Å². The van der Waals surface area contributed by atoms with Crippen molar-refractivity contribution in [2.24, 2.45) is 0 Å². The molecule has 0 N–H and O–H groups in total. The van der Waals surface area contributed by atoms with E-state index in [-0.39, 0.29) is 68.6 Å². The van der Waals surface area contributed by atoms with Crippen LogP contribution in [0.2, 0.25) is 0 Å². The second-order valence-electron chi connectivity index (χ2n) is 10.6. The average molecular weight is 822 g/mol. The first-order valence-electron chi connectivity index (χ1n) is 15.6. The molecule has 0 unspecified atom stereocenters. The van der Waals surface area contributed by atoms with Crippen molar-refractivity contribution in [3.05, 3.63) is 48.5 Å². The Morgan fingerprint density at radius 3 is 1.19 bits per heavy atom. The molecule has 0 spiro atoms. The van der Waals surface area contributed by atoms with E-state index in [1.807, 2.05) is 0 Å². The normalized spacial score (nSPS) is 11.8. The topological polar surface area (TPSA) is 75.7 Å². The van der Waals surface area contributed by atoms with E-state index >= 15 is 0 Å². The van der Waals surface area contributed by atoms with Gasteiger partial charge >= 0.3 is 40.6 Å². The maximum Gasteiger partial charge on any atom is 1.00 e. The van der Waals surface area contributed by atoms with E-state index in [4.69, 9.17) is 9.47 Å². The van der Waals surface area contributed by atoms with Gasteiger partial charge in [0, 0.05) is 20.9 Å². The molecular formula is C32H44BrF6NaO5S3. The standard InChI is InChI=1S/C16H22BrF3OS.C16H23F3O4S2.Na/c17-12-6-4-2-1-3-5-7-13-21-14-8-10-15(11-9-14)22-16(18,19)20;17-16(18,19)24-15-10-8-14(9-11-15)23-12-6-4-2-1-3-5-7-13-25(20,21)22;/h8-11H,1-7,12-13H2;8-11H,1-7,12-13H2,(H,20,21,22);/q;;+1/p-1. The summed E-state index contributed by atoms with van der Waals surface area (Å²) in [5, 5.41) is 1.08. The van der Waals surface area contributed by atoms with Crippen molar-refractivity contribution in [1.82, 2.24) is 0 Å². The molecule has 2 aromatic carbocycles. The Labute approximate surface area is 320 Å². The van der Waals surface area contributed by atoms with Gasteiger partial charge in [0.1, 0.15) is 11.5 Å². The van der Waals surface area contributed by atoms with Crippen molar-refractivity contribution in [2.45, 2.75) is 111 Å². The summed E-state index contributed by atoms with van der Waals surface area (Å²) in [6.07, 6.45) is 14.2. The summed E-state index contributed by atoms with van der Waals surface area (Å²) in [5.74, 6) is 0.885. The van der Waals surface area contributed by atoms with Crippen LogP contribution < -0.4 is 39.0 Å². The molecule has 0 atom stereocenters. The Morgan fingerprint density at radius 2 is 0.875 bits per heavy atom. The molecular weight excluding hydrogens is 777 g/mol. The quantitative estimate of drug-likeness (QED) is 0.0277. The van der Waals surface area contributed by atoms with E-state index in [9.17, 15) is 39.3 Å². The molecule has 0 aromatic heterocycles. The van der Waals surface area contributed by atoms with Crippen LogP contribution in [-0.2, 0) is 10.1 Å². The fraction of sp³-hybridized carbons (Fsp3) is 0.625. The van der Waals surface area contributed by atoms with Gasteiger partial charge in [-0.15, -0.1) is 0 Å². The first kappa shape index (κ1) is 47.7. The van der Waals surface area contributed by atoms with E-state index in [0.717, 1.165) is 56.7 Å². The van der Waals surface area contributed by atoms with E-state index in [2.05, 4.69) is 15.9 Å². The van der Waals surface area contributed by atoms with E-state index in [0.29, 0.717) is 31.1 Å². The Morgan fingerprint density at radius 1 is 0.562 bits per heavy atom. The monoisotopic (exact) mass is 820 g/mol. The molecule has 0 radical (unpaired) electrons. The summed E-state index contributed by atoms with van der Waals surface area (Å²) in [4.78, 5) is 0.313. The van der Waals surface area contributed by atoms with E-state index < -0.39 is 21.1 Å². The van der Waals surface area contributed by atoms with Gasteiger partial charge in [-0.1, -0.05) is 80.1 Å². The molecule has 2 aromatic rings. The van der Waals surface area contributed by atoms with Crippen LogP contribution in [0.3, 0.4) is 0 Å². The molecule has 0 aliphatic heterocycles. The van der Waals surface area contributed by atoms with Crippen LogP contribution in [0.1, 0.15) is 89.9 Å². The smallest absolute Gasteiger partial charge is 0.748 e. The average Bonchev–Trinajstić information content (AvgIpc) is 2.97. The number of thioether (sulfide) groups is 2. The molecule has 270 valence electrons. The number of unbranched alkanes of at least 4 members (excludes halogenated alkanes) is 12. The zero-order chi connectivity index (χ0) is 35.0. The maximum atomic E-state index is 12.2. The first-order chi connectivity index (χ1) is 22.2. The second kappa shape index (κ2) is 27.4. The van der Waals surface area contributed by atoms with Crippen LogP contribution >= 0.6 is 39.5 Å². The number of ether oxygens (including phenoxy) is 2. The van der Waals surface area contributed by atoms with Gasteiger partial charge in [0.15, 0.2) is 0 Å². The fourth-order valence-electron chi connectivity index (χ4n) is 4.20. The fourth-order valence-corrected chi connectivity index (χ4v) is 6.23. The second-order valence-corrected chi connectivity index (χ2v) is 15.2. The number of hydrogen-bond acceptors (Lipinski definition) is 7. The van der Waals surface area contributed by atoms with Gasteiger partial charge < -0.3 is 14.0 Å². The third-order valence-electron chi connectivity index (χ3n) is 6.47. The molecule has 0 aliphatic rings. The van der Waals surface area contributed by atoms with Gasteiger partial charge in [-0.25, -0.2) is 8.42 Å². The van der Waals surface area contributed by atoms with Crippen LogP contribution in [0.5, 0.6) is 11.5 Å². The summed E-state index contributed by atoms with van der Waals surface area (Å²) in [6, 6.07) is 11.9. The van der Waals surface area contributed by atoms with Crippen LogP contribution in [0.15, 0.2) is 58.3 Å². The summed E-state index contributed by atoms with van der Waals surface area (Å²) < 4.78 is 115. The Kier molecular flexibility index (Phi) is 27.2. The van der Waals surface area contributed by atoms with Crippen molar-refractivity contribution in [3.8, 4) is 11.5 Å². The number of hydrogen-bond donors (Lipinski definition) is 0. The van der Waals surface area contributed by atoms with Gasteiger partial charge in [-0.05, 0) is 97.7 Å². The van der Waals surface area contributed by atoms with Crippen LogP contribution in [-0.4, -0.2) is 48.3 Å². The minimum Gasteiger partial charge on any atom is -0.748 e. The van der Waals surface area contributed by atoms with Crippen LogP contribution in [0, 0.1) is 0 Å². The number of halogens is 7. The third-order valence-corrected chi connectivity index (χ3v) is 9.30. The zero-order valence-electron chi connectivity index (χ0n) is 27.3. The summed E-state index contributed by atoms with van der Waals surface area (Å²) in [7, 11) is -4.09. The Hall–Kier alpha value is -0.290. The van der Waals surface area contributed by atoms with E-state index in [1.165, 1.54) is 68.5 Å². The molecule has 0 saturated carbocycles. The van der Waals surface area contributed by atoms with E-state index in [1.54, 1.807) is 12.1 Å². The Bertz CT molecular complexity index is 1170. The number of rotatable bonds is 23. The molecule has 2 rings (SSSR count). The third kappa shape index (κ3) is 30.5. The van der Waals surface area contributed by atoms with Gasteiger partial charge in [0.05, 0.1) is 23.3 Å². The van der Waals surface area contributed by atoms with Crippen LogP contribution in [0.25, 0.3) is 0 Å². The van der Waals surface area contributed by atoms with Gasteiger partial charge in [-0.3, -0.25) is 0 Å². The molecule has 48 heavy (non-hydrogen) atoms. The van der Waals surface area contributed by atoms with Crippen molar-refractivity contribution >= 4 is 49.6 Å². The molecule has 5 nitrogen and oxygen atoms in total. The van der Waals surface area contributed by atoms with Crippen molar-refractivity contribution in [1.29, 1.82) is 0 Å². The number of benzene rings is 2. The molecule has 16 heteroatoms. The maximum absolute atomic E-state index is 12.2. The van der Waals surface area contributed by atoms with Gasteiger partial charge in [0.2, 0.25) is 0 Å². The van der Waals surface area contributed by atoms with Crippen LogP contribution in [0.4, 0.5) is 26.3 Å². The number of alkyl halides is 7. The summed E-state index contributed by atoms with van der Waals surface area (Å²) >= 11 is 3.16. The predicted octanol–water partition coefficient (Wildman–Crippen LogP) is 8.76. The predicted molar refractivity (Wildman–Crippen MR) is 181 cm³/mol. The molecule has 0 saturated heterocycles. The zero-order valence-corrected chi connectivity index (χ0v) is 33.3. The largest absolute Gasteiger partial charge is 1.00 e. The molecule has 0 bridgehead atoms. The minimum absolute atomic E-state index is 0. The van der Waals surface area contributed by atoms with Crippen molar-refractivity contribution < 1.29 is 78.3 Å². The van der Waals surface area contributed by atoms with Crippen molar-refractivity contribution in [3.63, 3.8) is 0 Å². The molecule has 0 amide bonds. The minimum atomic E-state index is -4.29. The Balaban J connectivity index is 0.000000909. The molecule has 0 fully saturated rings. The first-order valence-corrected chi connectivity index (χ1v) is 20.0. The van der Waals surface area contributed by atoms with Gasteiger partial charge in [0.25, 0.3) is 0 Å². The SMILES string of the molecule is FC(F)(F)Sc1ccc(OCCCCCCCCCBr)cc1.O=S(=O)([O-])CCCCCCCCCOc1ccc(SC(F)(F)F)cc1.[Na+]. The molecule has 0 heterocycles. The van der Waals surface area contributed by atoms with Crippen molar-refractivity contribution in [2.75, 3.05) is 24.3 Å². The summed E-state index contributed by atoms with van der Waals surface area (Å²) in [5.41, 5.74) is -8.53. The molecule has 0 aliphatic carbocycles.